The molecule has 172 valence electrons. The van der Waals surface area contributed by atoms with E-state index in [1.807, 2.05) is 0 Å². The van der Waals surface area contributed by atoms with Gasteiger partial charge >= 0.3 is 0 Å². The van der Waals surface area contributed by atoms with E-state index < -0.39 is 46.7 Å². The maximum atomic E-state index is 13.7. The van der Waals surface area contributed by atoms with Crippen molar-refractivity contribution in [1.29, 1.82) is 0 Å². The highest BCUT2D eigenvalue weighted by molar-refractivity contribution is 8.00. The number of amides is 2. The molecule has 0 aliphatic carbocycles. The van der Waals surface area contributed by atoms with Crippen LogP contribution in [0.4, 0.5) is 18.9 Å². The van der Waals surface area contributed by atoms with E-state index in [9.17, 15) is 27.6 Å². The van der Waals surface area contributed by atoms with Gasteiger partial charge < -0.3 is 10.6 Å². The summed E-state index contributed by atoms with van der Waals surface area (Å²) in [4.78, 5) is 41.7. The highest BCUT2D eigenvalue weighted by Gasteiger charge is 2.20. The number of aromatic nitrogens is 2. The first-order valence-corrected chi connectivity index (χ1v) is 10.6. The first-order valence-electron chi connectivity index (χ1n) is 9.71. The summed E-state index contributed by atoms with van der Waals surface area (Å²) < 4.78 is 41.3. The summed E-state index contributed by atoms with van der Waals surface area (Å²) in [5, 5.41) is 4.42. The average Bonchev–Trinajstić information content (AvgIpc) is 2.80. The summed E-state index contributed by atoms with van der Waals surface area (Å²) in [5.74, 6) is -6.02. The Morgan fingerprint density at radius 3 is 2.64 bits per heavy atom. The maximum absolute atomic E-state index is 13.7. The maximum Gasteiger partial charge on any atom is 0.262 e. The van der Waals surface area contributed by atoms with Crippen LogP contribution in [-0.2, 0) is 16.1 Å². The fourth-order valence-corrected chi connectivity index (χ4v) is 3.81. The second-order valence-electron chi connectivity index (χ2n) is 6.86. The summed E-state index contributed by atoms with van der Waals surface area (Å²) >= 11 is 1.02. The number of carbonyl (C=O) groups excluding carboxylic acids is 2. The first-order chi connectivity index (χ1) is 15.7. The number of allylic oxidation sites excluding steroid dienone is 1. The normalized spacial score (nSPS) is 11.8. The molecule has 0 spiro atoms. The van der Waals surface area contributed by atoms with Gasteiger partial charge in [0.1, 0.15) is 0 Å². The van der Waals surface area contributed by atoms with Gasteiger partial charge in [-0.25, -0.2) is 18.2 Å². The number of nitrogens with zero attached hydrogens (tertiary/aromatic N) is 2. The fraction of sp³-hybridized carbons (Fsp3) is 0.182. The molecule has 0 bridgehead atoms. The smallest absolute Gasteiger partial charge is 0.262 e. The molecule has 2 N–H and O–H groups in total. The Kier molecular flexibility index (Phi) is 7.54. The number of halogens is 3. The zero-order chi connectivity index (χ0) is 24.1. The molecule has 0 saturated carbocycles. The Labute approximate surface area is 190 Å². The molecule has 11 heteroatoms. The topological polar surface area (TPSA) is 93.1 Å². The van der Waals surface area contributed by atoms with Gasteiger partial charge in [0.15, 0.2) is 22.6 Å². The molecule has 2 amide bonds. The van der Waals surface area contributed by atoms with Crippen molar-refractivity contribution in [3.05, 3.63) is 76.9 Å². The van der Waals surface area contributed by atoms with E-state index in [1.54, 1.807) is 31.2 Å². The van der Waals surface area contributed by atoms with Gasteiger partial charge in [0.2, 0.25) is 11.8 Å². The molecule has 1 atom stereocenters. The van der Waals surface area contributed by atoms with Crippen LogP contribution in [0.1, 0.15) is 6.92 Å². The predicted octanol–water partition coefficient (Wildman–Crippen LogP) is 3.24. The molecule has 0 aliphatic rings. The van der Waals surface area contributed by atoms with Crippen LogP contribution in [0.15, 0.2) is 59.0 Å². The lowest BCUT2D eigenvalue weighted by Gasteiger charge is -2.15. The third kappa shape index (κ3) is 5.43. The van der Waals surface area contributed by atoms with Gasteiger partial charge in [-0.05, 0) is 31.2 Å². The van der Waals surface area contributed by atoms with Crippen LogP contribution in [0.2, 0.25) is 0 Å². The molecule has 1 heterocycles. The molecule has 33 heavy (non-hydrogen) atoms. The van der Waals surface area contributed by atoms with Crippen molar-refractivity contribution in [2.75, 3.05) is 11.9 Å². The van der Waals surface area contributed by atoms with Gasteiger partial charge in [0.25, 0.3) is 5.56 Å². The minimum Gasteiger partial charge on any atom is -0.346 e. The summed E-state index contributed by atoms with van der Waals surface area (Å²) in [5.41, 5.74) is -0.348. The Bertz CT molecular complexity index is 1300. The van der Waals surface area contributed by atoms with Crippen LogP contribution < -0.4 is 16.2 Å². The minimum absolute atomic E-state index is 0.190. The first kappa shape index (κ1) is 24.1. The Hall–Kier alpha value is -3.60. The molecule has 7 nitrogen and oxygen atoms in total. The summed E-state index contributed by atoms with van der Waals surface area (Å²) in [6.07, 6.45) is 1.54. The number of hydrogen-bond donors (Lipinski definition) is 2. The number of hydrogen-bond acceptors (Lipinski definition) is 5. The largest absolute Gasteiger partial charge is 0.346 e. The van der Waals surface area contributed by atoms with E-state index in [0.29, 0.717) is 22.1 Å². The van der Waals surface area contributed by atoms with Gasteiger partial charge in [-0.2, -0.15) is 0 Å². The molecule has 3 aromatic rings. The molecular formula is C22H19F3N4O3S. The van der Waals surface area contributed by atoms with Crippen molar-refractivity contribution in [3.8, 4) is 0 Å². The van der Waals surface area contributed by atoms with Crippen LogP contribution in [0.3, 0.4) is 0 Å². The number of thioether (sulfide) groups is 1. The monoisotopic (exact) mass is 476 g/mol. The molecule has 1 unspecified atom stereocenters. The number of carbonyl (C=O) groups is 2. The van der Waals surface area contributed by atoms with Crippen LogP contribution in [0, 0.1) is 17.5 Å². The lowest BCUT2D eigenvalue weighted by molar-refractivity contribution is -0.123. The lowest BCUT2D eigenvalue weighted by atomic mass is 10.2. The zero-order valence-electron chi connectivity index (χ0n) is 17.4. The summed E-state index contributed by atoms with van der Waals surface area (Å²) in [7, 11) is 0. The highest BCUT2D eigenvalue weighted by Crippen LogP contribution is 2.23. The second kappa shape index (κ2) is 10.3. The number of fused-ring (bicyclic) bond motifs is 1. The van der Waals surface area contributed by atoms with Gasteiger partial charge in [-0.3, -0.25) is 19.0 Å². The fourth-order valence-electron chi connectivity index (χ4n) is 2.87. The summed E-state index contributed by atoms with van der Waals surface area (Å²) in [6.45, 7) is 4.86. The van der Waals surface area contributed by atoms with Crippen molar-refractivity contribution in [3.63, 3.8) is 0 Å². The minimum atomic E-state index is -1.71. The van der Waals surface area contributed by atoms with Crippen LogP contribution in [0.25, 0.3) is 10.9 Å². The van der Waals surface area contributed by atoms with Gasteiger partial charge in [-0.15, -0.1) is 6.58 Å². The van der Waals surface area contributed by atoms with Crippen molar-refractivity contribution in [2.24, 2.45) is 0 Å². The van der Waals surface area contributed by atoms with E-state index in [2.05, 4.69) is 22.2 Å². The number of anilines is 1. The SMILES string of the molecule is C=CCn1c(SC(C)C(=O)NCC(=O)Nc2ccc(F)c(F)c2F)nc2ccccc2c1=O. The molecular weight excluding hydrogens is 457 g/mol. The standard InChI is InChI=1S/C22H19F3N4O3S/c1-3-10-29-21(32)13-6-4-5-7-15(13)28-22(29)33-12(2)20(31)26-11-17(30)27-16-9-8-14(23)18(24)19(16)25/h3-9,12H,1,10-11H2,2H3,(H,26,31)(H,27,30). The van der Waals surface area contributed by atoms with E-state index in [0.717, 1.165) is 17.8 Å². The Balaban J connectivity index is 1.67. The van der Waals surface area contributed by atoms with Gasteiger partial charge in [0.05, 0.1) is 28.4 Å². The molecule has 1 aromatic heterocycles. The number of para-hydroxylation sites is 1. The van der Waals surface area contributed by atoms with Crippen LogP contribution >= 0.6 is 11.8 Å². The van der Waals surface area contributed by atoms with E-state index in [4.69, 9.17) is 0 Å². The van der Waals surface area contributed by atoms with Gasteiger partial charge in [-0.1, -0.05) is 30.0 Å². The zero-order valence-corrected chi connectivity index (χ0v) is 18.2. The molecule has 0 fully saturated rings. The molecule has 0 aliphatic heterocycles. The highest BCUT2D eigenvalue weighted by atomic mass is 32.2. The molecule has 3 rings (SSSR count). The third-order valence-electron chi connectivity index (χ3n) is 4.52. The lowest BCUT2D eigenvalue weighted by Crippen LogP contribution is -2.37. The molecule has 0 saturated heterocycles. The summed E-state index contributed by atoms with van der Waals surface area (Å²) in [6, 6.07) is 8.35. The Morgan fingerprint density at radius 2 is 1.91 bits per heavy atom. The van der Waals surface area contributed by atoms with Crippen molar-refractivity contribution >= 4 is 40.2 Å². The van der Waals surface area contributed by atoms with E-state index >= 15 is 0 Å². The number of nitrogens with one attached hydrogen (secondary N) is 2. The van der Waals surface area contributed by atoms with E-state index in [-0.39, 0.29) is 12.1 Å². The molecule has 0 radical (unpaired) electrons. The predicted molar refractivity (Wildman–Crippen MR) is 119 cm³/mol. The quantitative estimate of drug-likeness (QED) is 0.225. The Morgan fingerprint density at radius 1 is 1.18 bits per heavy atom. The average molecular weight is 476 g/mol. The van der Waals surface area contributed by atoms with Crippen molar-refractivity contribution in [2.45, 2.75) is 23.9 Å². The van der Waals surface area contributed by atoms with Gasteiger partial charge in [0, 0.05) is 6.54 Å². The van der Waals surface area contributed by atoms with Crippen LogP contribution in [0.5, 0.6) is 0 Å². The van der Waals surface area contributed by atoms with Crippen molar-refractivity contribution < 1.29 is 22.8 Å². The van der Waals surface area contributed by atoms with Crippen LogP contribution in [-0.4, -0.2) is 33.2 Å². The number of rotatable bonds is 8. The second-order valence-corrected chi connectivity index (χ2v) is 8.17. The number of benzene rings is 2. The third-order valence-corrected chi connectivity index (χ3v) is 5.61. The van der Waals surface area contributed by atoms with Crippen molar-refractivity contribution in [1.82, 2.24) is 14.9 Å². The van der Waals surface area contributed by atoms with E-state index in [1.165, 1.54) is 10.6 Å². The molecule has 2 aromatic carbocycles.